The van der Waals surface area contributed by atoms with E-state index in [-0.39, 0.29) is 18.4 Å². The molecule has 8 nitrogen and oxygen atoms in total. The number of rotatable bonds is 4. The average Bonchev–Trinajstić information content (AvgIpc) is 3.16. The van der Waals surface area contributed by atoms with Crippen LogP contribution in [0.15, 0.2) is 6.07 Å². The Hall–Kier alpha value is -1.93. The number of hydrogen-bond donors (Lipinski definition) is 1. The lowest BCUT2D eigenvalue weighted by Crippen LogP contribution is -2.58. The molecule has 2 unspecified atom stereocenters. The first kappa shape index (κ1) is 16.9. The molecule has 2 aliphatic heterocycles. The number of aromatic nitrogens is 2. The molecular formula is C16H24N4O4. The summed E-state index contributed by atoms with van der Waals surface area (Å²) in [7, 11) is 3.31. The average molecular weight is 336 g/mol. The molecule has 24 heavy (non-hydrogen) atoms. The van der Waals surface area contributed by atoms with E-state index in [1.165, 1.54) is 7.11 Å². The van der Waals surface area contributed by atoms with Crippen LogP contribution in [-0.2, 0) is 26.1 Å². The molecule has 0 spiro atoms. The second kappa shape index (κ2) is 6.52. The van der Waals surface area contributed by atoms with Gasteiger partial charge in [0.2, 0.25) is 0 Å². The molecule has 2 amide bonds. The molecule has 0 aromatic carbocycles. The van der Waals surface area contributed by atoms with Crippen molar-refractivity contribution in [2.75, 3.05) is 31.8 Å². The Labute approximate surface area is 141 Å². The van der Waals surface area contributed by atoms with Crippen LogP contribution in [0.2, 0.25) is 0 Å². The van der Waals surface area contributed by atoms with Gasteiger partial charge in [-0.3, -0.25) is 19.2 Å². The molecule has 8 heteroatoms. The summed E-state index contributed by atoms with van der Waals surface area (Å²) in [6, 6.07) is 1.33. The van der Waals surface area contributed by atoms with Crippen molar-refractivity contribution in [3.05, 3.63) is 11.8 Å². The van der Waals surface area contributed by atoms with Crippen LogP contribution in [0.25, 0.3) is 0 Å². The van der Waals surface area contributed by atoms with Crippen LogP contribution >= 0.6 is 0 Å². The minimum atomic E-state index is -0.980. The highest BCUT2D eigenvalue weighted by Gasteiger charge is 2.44. The summed E-state index contributed by atoms with van der Waals surface area (Å²) in [6.07, 6.45) is 1.94. The number of piperidine rings is 1. The predicted molar refractivity (Wildman–Crippen MR) is 86.6 cm³/mol. The summed E-state index contributed by atoms with van der Waals surface area (Å²) in [6.45, 7) is 3.23. The molecule has 0 aliphatic carbocycles. The highest BCUT2D eigenvalue weighted by molar-refractivity contribution is 6.00. The quantitative estimate of drug-likeness (QED) is 0.846. The van der Waals surface area contributed by atoms with E-state index in [2.05, 4.69) is 10.4 Å². The first-order chi connectivity index (χ1) is 11.5. The van der Waals surface area contributed by atoms with E-state index >= 15 is 0 Å². The zero-order chi connectivity index (χ0) is 17.3. The Bertz CT molecular complexity index is 636. The predicted octanol–water partition coefficient (Wildman–Crippen LogP) is 0.146. The Kier molecular flexibility index (Phi) is 4.60. The molecule has 2 saturated heterocycles. The molecular weight excluding hydrogens is 312 g/mol. The minimum absolute atomic E-state index is 0.109. The second-order valence-electron chi connectivity index (χ2n) is 6.43. The molecule has 132 valence electrons. The fraction of sp³-hybridized carbons (Fsp3) is 0.688. The topological polar surface area (TPSA) is 85.7 Å². The van der Waals surface area contributed by atoms with Crippen molar-refractivity contribution in [1.82, 2.24) is 15.1 Å². The van der Waals surface area contributed by atoms with Crippen LogP contribution < -0.4 is 10.2 Å². The largest absolute Gasteiger partial charge is 0.378 e. The third-order valence-corrected chi connectivity index (χ3v) is 4.79. The van der Waals surface area contributed by atoms with Gasteiger partial charge in [-0.1, -0.05) is 0 Å². The van der Waals surface area contributed by atoms with Gasteiger partial charge in [-0.2, -0.15) is 5.10 Å². The number of carbonyl (C=O) groups is 2. The lowest BCUT2D eigenvalue weighted by Gasteiger charge is -2.34. The number of methoxy groups -OCH3 is 1. The van der Waals surface area contributed by atoms with Gasteiger partial charge < -0.3 is 14.8 Å². The molecule has 3 rings (SSSR count). The number of anilines is 1. The molecule has 3 heterocycles. The second-order valence-corrected chi connectivity index (χ2v) is 6.43. The third kappa shape index (κ3) is 2.91. The monoisotopic (exact) mass is 336 g/mol. The summed E-state index contributed by atoms with van der Waals surface area (Å²) >= 11 is 0. The normalized spacial score (nSPS) is 27.5. The van der Waals surface area contributed by atoms with E-state index < -0.39 is 11.6 Å². The number of ether oxygens (including phenoxy) is 2. The van der Waals surface area contributed by atoms with Crippen molar-refractivity contribution in [3.8, 4) is 0 Å². The highest BCUT2D eigenvalue weighted by atomic mass is 16.6. The summed E-state index contributed by atoms with van der Waals surface area (Å²) in [5.41, 5.74) is -0.126. The summed E-state index contributed by atoms with van der Waals surface area (Å²) in [4.78, 5) is 27.1. The lowest BCUT2D eigenvalue weighted by atomic mass is 9.99. The van der Waals surface area contributed by atoms with Crippen molar-refractivity contribution in [2.24, 2.45) is 7.05 Å². The van der Waals surface area contributed by atoms with Crippen LogP contribution in [-0.4, -0.2) is 60.1 Å². The number of carbonyl (C=O) groups excluding carboxylic acids is 2. The molecule has 1 aromatic heterocycles. The molecule has 1 N–H and O–H groups in total. The van der Waals surface area contributed by atoms with Gasteiger partial charge in [-0.25, -0.2) is 0 Å². The highest BCUT2D eigenvalue weighted by Crippen LogP contribution is 2.25. The van der Waals surface area contributed by atoms with Crippen molar-refractivity contribution in [1.29, 1.82) is 0 Å². The van der Waals surface area contributed by atoms with E-state index in [4.69, 9.17) is 9.47 Å². The van der Waals surface area contributed by atoms with Crippen LogP contribution in [0.3, 0.4) is 0 Å². The third-order valence-electron chi connectivity index (χ3n) is 4.79. The van der Waals surface area contributed by atoms with Gasteiger partial charge in [0.15, 0.2) is 5.60 Å². The van der Waals surface area contributed by atoms with Gasteiger partial charge in [0.05, 0.1) is 18.9 Å². The SMILES string of the molecule is COC1(C(=O)NC2CCCN(c3cc(C)nn3C)C2=O)CCOC1. The molecule has 0 saturated carbocycles. The van der Waals surface area contributed by atoms with Gasteiger partial charge in [-0.05, 0) is 19.8 Å². The molecule has 2 atom stereocenters. The molecule has 0 radical (unpaired) electrons. The van der Waals surface area contributed by atoms with Gasteiger partial charge >= 0.3 is 0 Å². The smallest absolute Gasteiger partial charge is 0.255 e. The van der Waals surface area contributed by atoms with Gasteiger partial charge in [0, 0.05) is 33.2 Å². The number of nitrogens with zero attached hydrogens (tertiary/aromatic N) is 3. The maximum Gasteiger partial charge on any atom is 0.255 e. The molecule has 2 fully saturated rings. The maximum absolute atomic E-state index is 12.8. The zero-order valence-electron chi connectivity index (χ0n) is 14.4. The maximum atomic E-state index is 12.8. The van der Waals surface area contributed by atoms with E-state index in [0.717, 1.165) is 17.9 Å². The first-order valence-corrected chi connectivity index (χ1v) is 8.23. The van der Waals surface area contributed by atoms with Crippen molar-refractivity contribution >= 4 is 17.6 Å². The summed E-state index contributed by atoms with van der Waals surface area (Å²) in [5, 5.41) is 7.16. The van der Waals surface area contributed by atoms with Crippen LogP contribution in [0.1, 0.15) is 25.0 Å². The minimum Gasteiger partial charge on any atom is -0.378 e. The van der Waals surface area contributed by atoms with Gasteiger partial charge in [0.25, 0.3) is 11.8 Å². The Morgan fingerprint density at radius 3 is 2.92 bits per heavy atom. The fourth-order valence-corrected chi connectivity index (χ4v) is 3.35. The van der Waals surface area contributed by atoms with Crippen molar-refractivity contribution < 1.29 is 19.1 Å². The first-order valence-electron chi connectivity index (χ1n) is 8.23. The van der Waals surface area contributed by atoms with Gasteiger partial charge in [-0.15, -0.1) is 0 Å². The molecule has 1 aromatic rings. The van der Waals surface area contributed by atoms with E-state index in [1.54, 1.807) is 9.58 Å². The van der Waals surface area contributed by atoms with Crippen LogP contribution in [0.4, 0.5) is 5.82 Å². The van der Waals surface area contributed by atoms with E-state index in [0.29, 0.717) is 26.0 Å². The van der Waals surface area contributed by atoms with Gasteiger partial charge in [0.1, 0.15) is 11.9 Å². The van der Waals surface area contributed by atoms with E-state index in [9.17, 15) is 9.59 Å². The number of nitrogens with one attached hydrogen (secondary N) is 1. The number of hydrogen-bond acceptors (Lipinski definition) is 5. The van der Waals surface area contributed by atoms with Crippen LogP contribution in [0, 0.1) is 6.92 Å². The Morgan fingerprint density at radius 2 is 2.33 bits per heavy atom. The molecule has 0 bridgehead atoms. The number of amides is 2. The zero-order valence-corrected chi connectivity index (χ0v) is 14.4. The van der Waals surface area contributed by atoms with E-state index in [1.807, 2.05) is 20.0 Å². The van der Waals surface area contributed by atoms with Crippen molar-refractivity contribution in [3.63, 3.8) is 0 Å². The lowest BCUT2D eigenvalue weighted by molar-refractivity contribution is -0.146. The Morgan fingerprint density at radius 1 is 1.54 bits per heavy atom. The molecule has 2 aliphatic rings. The number of aryl methyl sites for hydroxylation is 2. The Balaban J connectivity index is 1.73. The standard InChI is InChI=1S/C16H24N4O4/c1-11-9-13(19(2)18-11)20-7-4-5-12(14(20)21)17-15(22)16(23-3)6-8-24-10-16/h9,12H,4-8,10H2,1-3H3,(H,17,22). The van der Waals surface area contributed by atoms with Crippen molar-refractivity contribution in [2.45, 2.75) is 37.8 Å². The summed E-state index contributed by atoms with van der Waals surface area (Å²) in [5.74, 6) is 0.369. The summed E-state index contributed by atoms with van der Waals surface area (Å²) < 4.78 is 12.4. The fourth-order valence-electron chi connectivity index (χ4n) is 3.35. The van der Waals surface area contributed by atoms with Crippen LogP contribution in [0.5, 0.6) is 0 Å².